The van der Waals surface area contributed by atoms with Gasteiger partial charge in [-0.3, -0.25) is 9.59 Å². The van der Waals surface area contributed by atoms with E-state index in [-0.39, 0.29) is 39.0 Å². The molecule has 0 saturated heterocycles. The van der Waals surface area contributed by atoms with Gasteiger partial charge in [0.05, 0.1) is 28.3 Å². The molecule has 5 heterocycles. The van der Waals surface area contributed by atoms with Crippen LogP contribution in [0.15, 0.2) is 164 Å². The van der Waals surface area contributed by atoms with Gasteiger partial charge in [-0.25, -0.2) is 14.8 Å². The molecular formula is C75H72N6O4. The number of carbonyl (C=O) groups is 3. The minimum atomic E-state index is -1.04. The third kappa shape index (κ3) is 12.0. The SMILES string of the molecule is CC(C)(C)c1cc(-c2c3nc(c(-c4ccc(C(=O)Nc5ccc(C(=O)O)cc5)cc4)c4ccc([nH]4)c(-c4cc(C(C)(C)C)cc(C(C)(C)C)c4)c4nc(c(-c5ccc(C(=O)Nc6ccccc6)cc5)c5ccc2[nH]5)C=C4)C=C3)cc(C(C)(C)C)c1. The summed E-state index contributed by atoms with van der Waals surface area (Å²) in [5.74, 6) is -1.57. The van der Waals surface area contributed by atoms with Gasteiger partial charge in [-0.05, 0) is 175 Å². The van der Waals surface area contributed by atoms with Gasteiger partial charge >= 0.3 is 5.97 Å². The summed E-state index contributed by atoms with van der Waals surface area (Å²) in [5, 5.41) is 15.4. The Kier molecular flexibility index (Phi) is 14.7. The normalized spacial score (nSPS) is 12.6. The van der Waals surface area contributed by atoms with Gasteiger partial charge in [0.15, 0.2) is 0 Å². The maximum Gasteiger partial charge on any atom is 0.335 e. The zero-order valence-electron chi connectivity index (χ0n) is 50.5. The number of aromatic carboxylic acids is 1. The molecular weight excluding hydrogens is 1050 g/mol. The zero-order valence-corrected chi connectivity index (χ0v) is 50.5. The molecule has 0 spiro atoms. The number of fused-ring (bicyclic) bond motifs is 8. The fourth-order valence-electron chi connectivity index (χ4n) is 10.9. The number of carboxylic acid groups (broad SMARTS) is 1. The topological polar surface area (TPSA) is 153 Å². The Morgan fingerprint density at radius 3 is 0.953 bits per heavy atom. The summed E-state index contributed by atoms with van der Waals surface area (Å²) in [6, 6.07) is 53.2. The first-order valence-corrected chi connectivity index (χ1v) is 29.0. The van der Waals surface area contributed by atoms with Crippen molar-refractivity contribution in [3.8, 4) is 44.5 Å². The number of rotatable bonds is 9. The molecule has 2 aliphatic rings. The molecule has 8 bridgehead atoms. The van der Waals surface area contributed by atoms with Crippen molar-refractivity contribution in [1.82, 2.24) is 19.9 Å². The number of aromatic amines is 2. The summed E-state index contributed by atoms with van der Waals surface area (Å²) in [5.41, 5.74) is 20.0. The van der Waals surface area contributed by atoms with E-state index in [4.69, 9.17) is 9.97 Å². The Labute approximate surface area is 497 Å². The Balaban J connectivity index is 1.21. The predicted octanol–water partition coefficient (Wildman–Crippen LogP) is 18.7. The second-order valence-electron chi connectivity index (χ2n) is 26.4. The van der Waals surface area contributed by atoms with Crippen LogP contribution in [0.5, 0.6) is 0 Å². The van der Waals surface area contributed by atoms with E-state index in [2.05, 4.69) is 189 Å². The fourth-order valence-corrected chi connectivity index (χ4v) is 10.9. The number of anilines is 2. The van der Waals surface area contributed by atoms with Crippen LogP contribution in [-0.4, -0.2) is 42.8 Å². The minimum Gasteiger partial charge on any atom is -0.478 e. The second-order valence-corrected chi connectivity index (χ2v) is 26.4. The molecule has 3 aromatic heterocycles. The molecule has 2 amide bonds. The number of nitrogens with one attached hydrogen (secondary N) is 4. The molecule has 2 aliphatic heterocycles. The largest absolute Gasteiger partial charge is 0.478 e. The molecule has 11 rings (SSSR count). The van der Waals surface area contributed by atoms with Crippen molar-refractivity contribution in [2.24, 2.45) is 0 Å². The van der Waals surface area contributed by atoms with E-state index < -0.39 is 5.97 Å². The van der Waals surface area contributed by atoms with Crippen molar-refractivity contribution in [2.45, 2.75) is 105 Å². The van der Waals surface area contributed by atoms with Crippen molar-refractivity contribution < 1.29 is 19.5 Å². The predicted molar refractivity (Wildman–Crippen MR) is 351 cm³/mol. The van der Waals surface area contributed by atoms with Crippen molar-refractivity contribution >= 4 is 75.5 Å². The summed E-state index contributed by atoms with van der Waals surface area (Å²) in [4.78, 5) is 58.2. The van der Waals surface area contributed by atoms with E-state index in [1.54, 1.807) is 24.3 Å². The molecule has 10 nitrogen and oxygen atoms in total. The summed E-state index contributed by atoms with van der Waals surface area (Å²) in [6.07, 6.45) is 8.39. The van der Waals surface area contributed by atoms with Crippen LogP contribution < -0.4 is 10.6 Å². The average molecular weight is 1120 g/mol. The van der Waals surface area contributed by atoms with Gasteiger partial charge in [0, 0.05) is 66.8 Å². The van der Waals surface area contributed by atoms with Gasteiger partial charge in [-0.15, -0.1) is 0 Å². The number of benzene rings is 6. The third-order valence-electron chi connectivity index (χ3n) is 16.0. The lowest BCUT2D eigenvalue weighted by Crippen LogP contribution is -2.16. The maximum atomic E-state index is 13.8. The van der Waals surface area contributed by atoms with Crippen molar-refractivity contribution in [1.29, 1.82) is 0 Å². The number of nitrogens with zero attached hydrogens (tertiary/aromatic N) is 2. The van der Waals surface area contributed by atoms with E-state index in [0.29, 0.717) is 16.8 Å². The first-order chi connectivity index (χ1) is 40.2. The molecule has 10 heteroatoms. The molecule has 9 aromatic rings. The van der Waals surface area contributed by atoms with E-state index in [9.17, 15) is 19.5 Å². The van der Waals surface area contributed by atoms with Crippen LogP contribution in [0.2, 0.25) is 0 Å². The number of carbonyl (C=O) groups excluding carboxylic acids is 2. The molecule has 0 unspecified atom stereocenters. The minimum absolute atomic E-state index is 0.132. The van der Waals surface area contributed by atoms with Gasteiger partial charge in [-0.2, -0.15) is 0 Å². The number of H-pyrrole nitrogens is 2. The molecule has 0 radical (unpaired) electrons. The highest BCUT2D eigenvalue weighted by molar-refractivity contribution is 6.07. The average Bonchev–Trinajstić information content (AvgIpc) is 2.46. The monoisotopic (exact) mass is 1120 g/mol. The number of para-hydroxylation sites is 1. The summed E-state index contributed by atoms with van der Waals surface area (Å²) >= 11 is 0. The van der Waals surface area contributed by atoms with E-state index in [1.165, 1.54) is 34.4 Å². The zero-order chi connectivity index (χ0) is 60.3. The molecule has 6 aromatic carbocycles. The first kappa shape index (κ1) is 57.2. The first-order valence-electron chi connectivity index (χ1n) is 29.0. The van der Waals surface area contributed by atoms with Gasteiger partial charge in [0.25, 0.3) is 11.8 Å². The van der Waals surface area contributed by atoms with Crippen LogP contribution in [0.4, 0.5) is 11.4 Å². The number of aromatic nitrogens is 4. The summed E-state index contributed by atoms with van der Waals surface area (Å²) in [7, 11) is 0. The van der Waals surface area contributed by atoms with Crippen LogP contribution >= 0.6 is 0 Å². The van der Waals surface area contributed by atoms with E-state index in [1.807, 2.05) is 66.7 Å². The van der Waals surface area contributed by atoms with Crippen LogP contribution in [0.1, 0.15) is 159 Å². The van der Waals surface area contributed by atoms with Crippen molar-refractivity contribution in [3.05, 3.63) is 226 Å². The Morgan fingerprint density at radius 1 is 0.353 bits per heavy atom. The van der Waals surface area contributed by atoms with Gasteiger partial charge in [0.2, 0.25) is 0 Å². The van der Waals surface area contributed by atoms with Gasteiger partial charge < -0.3 is 25.7 Å². The molecule has 5 N–H and O–H groups in total. The molecule has 0 atom stereocenters. The van der Waals surface area contributed by atoms with E-state index >= 15 is 0 Å². The van der Waals surface area contributed by atoms with Crippen LogP contribution in [0.25, 0.3) is 90.9 Å². The maximum absolute atomic E-state index is 13.8. The lowest BCUT2D eigenvalue weighted by atomic mass is 9.78. The fraction of sp³-hybridized carbons (Fsp3) is 0.213. The van der Waals surface area contributed by atoms with Gasteiger partial charge in [0.1, 0.15) is 0 Å². The van der Waals surface area contributed by atoms with Crippen molar-refractivity contribution in [2.75, 3.05) is 10.6 Å². The lowest BCUT2D eigenvalue weighted by molar-refractivity contribution is 0.0696. The molecule has 0 aliphatic carbocycles. The third-order valence-corrected chi connectivity index (χ3v) is 16.0. The number of hydrogen-bond acceptors (Lipinski definition) is 5. The highest BCUT2D eigenvalue weighted by Gasteiger charge is 2.27. The molecule has 0 saturated carbocycles. The molecule has 85 heavy (non-hydrogen) atoms. The van der Waals surface area contributed by atoms with Crippen LogP contribution in [0.3, 0.4) is 0 Å². The lowest BCUT2D eigenvalue weighted by Gasteiger charge is -2.26. The smallest absolute Gasteiger partial charge is 0.335 e. The number of hydrogen-bond donors (Lipinski definition) is 5. The Bertz CT molecular complexity index is 4220. The Hall–Kier alpha value is -9.67. The van der Waals surface area contributed by atoms with Crippen molar-refractivity contribution in [3.63, 3.8) is 0 Å². The number of amides is 2. The molecule has 0 fully saturated rings. The van der Waals surface area contributed by atoms with Crippen LogP contribution in [-0.2, 0) is 21.7 Å². The van der Waals surface area contributed by atoms with Crippen LogP contribution in [0, 0.1) is 0 Å². The highest BCUT2D eigenvalue weighted by atomic mass is 16.4. The number of carboxylic acids is 1. The molecule has 426 valence electrons. The van der Waals surface area contributed by atoms with E-state index in [0.717, 1.165) is 95.0 Å². The van der Waals surface area contributed by atoms with Gasteiger partial charge in [-0.1, -0.05) is 162 Å². The Morgan fingerprint density at radius 2 is 0.647 bits per heavy atom. The summed E-state index contributed by atoms with van der Waals surface area (Å²) in [6.45, 7) is 27.0. The summed E-state index contributed by atoms with van der Waals surface area (Å²) < 4.78 is 0. The standard InChI is InChI=1S/C75H72N6O4/c1-72(2,3)51-38-49(39-52(42-51)73(4,5)6)67-61-34-30-57(78-61)65(44-18-22-46(23-19-44)69(82)76-55-16-14-13-15-17-55)58-31-35-62(79-58)68(50-40-53(74(7,8)9)43-54(41-50)75(10,11)12)64-37-33-60(81-64)66(59-32-36-63(67)80-59)45-20-24-47(25-21-45)70(83)77-56-28-26-48(27-29-56)71(84)85/h13-43,78,81H,1-12H3,(H,76,82)(H,77,83)(H,84,85). The highest BCUT2D eigenvalue weighted by Crippen LogP contribution is 2.43. The quantitative estimate of drug-likeness (QED) is 0.0970. The second kappa shape index (κ2) is 21.8.